The molecule has 0 spiro atoms. The van der Waals surface area contributed by atoms with Gasteiger partial charge in [-0.3, -0.25) is 4.79 Å². The Labute approximate surface area is 173 Å². The van der Waals surface area contributed by atoms with Crippen molar-refractivity contribution in [1.82, 2.24) is 14.5 Å². The van der Waals surface area contributed by atoms with Crippen molar-refractivity contribution in [1.29, 1.82) is 0 Å². The third-order valence-electron chi connectivity index (χ3n) is 6.40. The molecule has 0 aliphatic heterocycles. The number of benzene rings is 1. The van der Waals surface area contributed by atoms with Crippen LogP contribution in [0, 0.1) is 17.8 Å². The average molecular weight is 413 g/mol. The molecule has 1 amide bonds. The van der Waals surface area contributed by atoms with Crippen LogP contribution in [0.15, 0.2) is 24.3 Å². The van der Waals surface area contributed by atoms with Crippen LogP contribution < -0.4 is 5.73 Å². The fraction of sp³-hybridized carbons (Fsp3) is 0.600. The van der Waals surface area contributed by atoms with E-state index in [1.54, 1.807) is 0 Å². The van der Waals surface area contributed by atoms with E-state index in [0.29, 0.717) is 24.4 Å². The van der Waals surface area contributed by atoms with Crippen molar-refractivity contribution in [3.63, 3.8) is 0 Å². The zero-order valence-electron chi connectivity index (χ0n) is 16.0. The van der Waals surface area contributed by atoms with Crippen LogP contribution in [0.2, 0.25) is 0 Å². The van der Waals surface area contributed by atoms with Gasteiger partial charge < -0.3 is 15.2 Å². The van der Waals surface area contributed by atoms with Crippen molar-refractivity contribution < 1.29 is 4.79 Å². The number of carbonyl (C=O) groups excluding carboxylic acids is 1. The number of halogens is 2. The molecule has 2 fully saturated rings. The number of fused-ring (bicyclic) bond motifs is 3. The van der Waals surface area contributed by atoms with Gasteiger partial charge >= 0.3 is 0 Å². The molecule has 2 aromatic rings. The number of aromatic nitrogens is 2. The van der Waals surface area contributed by atoms with Gasteiger partial charge in [0.15, 0.2) is 0 Å². The summed E-state index contributed by atoms with van der Waals surface area (Å²) in [5.74, 6) is 2.39. The maximum atomic E-state index is 13.0. The zero-order valence-corrected chi connectivity index (χ0v) is 17.6. The second kappa shape index (κ2) is 8.80. The Morgan fingerprint density at radius 3 is 2.48 bits per heavy atom. The Bertz CT molecular complexity index is 779. The van der Waals surface area contributed by atoms with Gasteiger partial charge in [0.1, 0.15) is 5.82 Å². The summed E-state index contributed by atoms with van der Waals surface area (Å²) in [6.45, 7) is 0.557. The Morgan fingerprint density at radius 1 is 1.22 bits per heavy atom. The van der Waals surface area contributed by atoms with E-state index >= 15 is 0 Å². The number of aryl methyl sites for hydroxylation is 1. The van der Waals surface area contributed by atoms with Crippen LogP contribution in [-0.4, -0.2) is 33.4 Å². The predicted octanol–water partition coefficient (Wildman–Crippen LogP) is 3.53. The molecule has 1 heterocycles. The number of imidazole rings is 1. The highest BCUT2D eigenvalue weighted by molar-refractivity contribution is 5.85. The van der Waals surface area contributed by atoms with Crippen molar-refractivity contribution in [3.05, 3.63) is 30.1 Å². The third kappa shape index (κ3) is 4.10. The molecule has 4 rings (SSSR count). The summed E-state index contributed by atoms with van der Waals surface area (Å²) < 4.78 is 2.09. The minimum Gasteiger partial charge on any atom is -0.338 e. The Hall–Kier alpha value is -1.30. The number of hydrogen-bond acceptors (Lipinski definition) is 3. The molecule has 2 atom stereocenters. The lowest BCUT2D eigenvalue weighted by Crippen LogP contribution is -2.49. The molecular weight excluding hydrogens is 383 g/mol. The normalized spacial score (nSPS) is 26.8. The highest BCUT2D eigenvalue weighted by Crippen LogP contribution is 2.42. The van der Waals surface area contributed by atoms with E-state index in [1.165, 1.54) is 19.3 Å². The molecule has 2 bridgehead atoms. The van der Waals surface area contributed by atoms with Crippen LogP contribution >= 0.6 is 24.8 Å². The third-order valence-corrected chi connectivity index (χ3v) is 6.40. The van der Waals surface area contributed by atoms with Gasteiger partial charge in [-0.25, -0.2) is 4.98 Å². The van der Waals surface area contributed by atoms with E-state index in [-0.39, 0.29) is 36.6 Å². The standard InChI is InChI=1S/C20H28N4O.2ClH/c1-23(12-18-22-16-8-3-4-9-17(16)24(18)2)20(25)15-10-13-6-5-7-14(11-15)19(13)21;;/h3-4,8-9,13-15,19H,5-7,10-12,21H2,1-2H3;2*1H. The first-order valence-corrected chi connectivity index (χ1v) is 9.45. The average Bonchev–Trinajstić information content (AvgIpc) is 2.90. The number of nitrogens with two attached hydrogens (primary N) is 1. The molecule has 150 valence electrons. The second-order valence-corrected chi connectivity index (χ2v) is 7.97. The minimum absolute atomic E-state index is 0. The molecular formula is C20H30Cl2N4O. The van der Waals surface area contributed by atoms with Crippen LogP contribution in [0.3, 0.4) is 0 Å². The number of amides is 1. The number of carbonyl (C=O) groups is 1. The van der Waals surface area contributed by atoms with E-state index in [0.717, 1.165) is 29.7 Å². The van der Waals surface area contributed by atoms with Crippen LogP contribution in [0.1, 0.15) is 37.9 Å². The lowest BCUT2D eigenvalue weighted by atomic mass is 9.65. The summed E-state index contributed by atoms with van der Waals surface area (Å²) in [5, 5.41) is 0. The van der Waals surface area contributed by atoms with E-state index < -0.39 is 0 Å². The SMILES string of the molecule is CN(Cc1nc2ccccc2n1C)C(=O)C1CC2CCCC(C1)C2N.Cl.Cl. The summed E-state index contributed by atoms with van der Waals surface area (Å²) in [5.41, 5.74) is 8.46. The monoisotopic (exact) mass is 412 g/mol. The fourth-order valence-electron chi connectivity index (χ4n) is 4.93. The van der Waals surface area contributed by atoms with E-state index in [1.807, 2.05) is 37.2 Å². The molecule has 2 unspecified atom stereocenters. The molecule has 2 aliphatic carbocycles. The molecule has 1 aromatic heterocycles. The highest BCUT2D eigenvalue weighted by atomic mass is 35.5. The zero-order chi connectivity index (χ0) is 17.6. The highest BCUT2D eigenvalue weighted by Gasteiger charge is 2.41. The summed E-state index contributed by atoms with van der Waals surface area (Å²) in [6.07, 6.45) is 5.58. The van der Waals surface area contributed by atoms with Crippen LogP contribution in [0.25, 0.3) is 11.0 Å². The van der Waals surface area contributed by atoms with Gasteiger partial charge in [0.05, 0.1) is 17.6 Å². The van der Waals surface area contributed by atoms with E-state index in [4.69, 9.17) is 10.7 Å². The van der Waals surface area contributed by atoms with Crippen molar-refractivity contribution in [2.24, 2.45) is 30.5 Å². The molecule has 1 aromatic carbocycles. The molecule has 27 heavy (non-hydrogen) atoms. The number of nitrogens with zero attached hydrogens (tertiary/aromatic N) is 3. The van der Waals surface area contributed by atoms with Crippen molar-refractivity contribution >= 4 is 41.8 Å². The van der Waals surface area contributed by atoms with Crippen LogP contribution in [0.5, 0.6) is 0 Å². The first kappa shape index (κ1) is 22.0. The predicted molar refractivity (Wildman–Crippen MR) is 113 cm³/mol. The Morgan fingerprint density at radius 2 is 1.85 bits per heavy atom. The number of hydrogen-bond donors (Lipinski definition) is 1. The topological polar surface area (TPSA) is 64.2 Å². The largest absolute Gasteiger partial charge is 0.338 e. The van der Waals surface area contributed by atoms with E-state index in [2.05, 4.69) is 10.6 Å². The van der Waals surface area contributed by atoms with Gasteiger partial charge in [-0.15, -0.1) is 24.8 Å². The van der Waals surface area contributed by atoms with Crippen molar-refractivity contribution in [3.8, 4) is 0 Å². The van der Waals surface area contributed by atoms with Gasteiger partial charge in [-0.1, -0.05) is 18.6 Å². The Balaban J connectivity index is 0.00000131. The molecule has 2 aliphatic rings. The van der Waals surface area contributed by atoms with Gasteiger partial charge in [-0.05, 0) is 49.7 Å². The molecule has 2 N–H and O–H groups in total. The lowest BCUT2D eigenvalue weighted by Gasteiger charge is -2.44. The second-order valence-electron chi connectivity index (χ2n) is 7.97. The molecule has 0 saturated heterocycles. The van der Waals surface area contributed by atoms with Crippen molar-refractivity contribution in [2.45, 2.75) is 44.7 Å². The maximum absolute atomic E-state index is 13.0. The quantitative estimate of drug-likeness (QED) is 0.838. The minimum atomic E-state index is 0. The van der Waals surface area contributed by atoms with Gasteiger partial charge in [0.25, 0.3) is 0 Å². The summed E-state index contributed by atoms with van der Waals surface area (Å²) in [6, 6.07) is 8.41. The van der Waals surface area contributed by atoms with Gasteiger partial charge in [0.2, 0.25) is 5.91 Å². The molecule has 7 heteroatoms. The van der Waals surface area contributed by atoms with Crippen molar-refractivity contribution in [2.75, 3.05) is 7.05 Å². The van der Waals surface area contributed by atoms with Crippen LogP contribution in [0.4, 0.5) is 0 Å². The lowest BCUT2D eigenvalue weighted by molar-refractivity contribution is -0.138. The maximum Gasteiger partial charge on any atom is 0.225 e. The van der Waals surface area contributed by atoms with E-state index in [9.17, 15) is 4.79 Å². The number of rotatable bonds is 3. The van der Waals surface area contributed by atoms with Gasteiger partial charge in [-0.2, -0.15) is 0 Å². The first-order chi connectivity index (χ1) is 12.0. The summed E-state index contributed by atoms with van der Waals surface area (Å²) >= 11 is 0. The summed E-state index contributed by atoms with van der Waals surface area (Å²) in [7, 11) is 3.93. The summed E-state index contributed by atoms with van der Waals surface area (Å²) in [4.78, 5) is 19.6. The first-order valence-electron chi connectivity index (χ1n) is 9.45. The van der Waals surface area contributed by atoms with Gasteiger partial charge in [0, 0.05) is 26.1 Å². The smallest absolute Gasteiger partial charge is 0.225 e. The Kier molecular flexibility index (Phi) is 7.17. The molecule has 2 saturated carbocycles. The number of para-hydroxylation sites is 2. The van der Waals surface area contributed by atoms with Crippen LogP contribution in [-0.2, 0) is 18.4 Å². The molecule has 0 radical (unpaired) electrons. The fourth-order valence-corrected chi connectivity index (χ4v) is 4.93. The molecule has 5 nitrogen and oxygen atoms in total.